The van der Waals surface area contributed by atoms with Gasteiger partial charge in [0.05, 0.1) is 6.61 Å². The van der Waals surface area contributed by atoms with Crippen molar-refractivity contribution in [1.82, 2.24) is 10.5 Å². The van der Waals surface area contributed by atoms with E-state index in [1.807, 2.05) is 30.3 Å². The fourth-order valence-corrected chi connectivity index (χ4v) is 3.35. The fourth-order valence-electron chi connectivity index (χ4n) is 3.35. The van der Waals surface area contributed by atoms with E-state index < -0.39 is 18.3 Å². The van der Waals surface area contributed by atoms with Gasteiger partial charge in [-0.05, 0) is 47.6 Å². The molecule has 0 radical (unpaired) electrons. The molecule has 0 aliphatic heterocycles. The third-order valence-corrected chi connectivity index (χ3v) is 4.85. The molecule has 0 saturated carbocycles. The van der Waals surface area contributed by atoms with E-state index in [-0.39, 0.29) is 23.0 Å². The third kappa shape index (κ3) is 4.77. The number of carbonyl (C=O) groups excluding carboxylic acids is 1. The number of benzene rings is 2. The third-order valence-electron chi connectivity index (χ3n) is 4.85. The number of halogens is 1. The van der Waals surface area contributed by atoms with Gasteiger partial charge in [0.1, 0.15) is 5.82 Å². The lowest BCUT2D eigenvalue weighted by atomic mass is 9.85. The lowest BCUT2D eigenvalue weighted by Crippen LogP contribution is -2.21. The van der Waals surface area contributed by atoms with Gasteiger partial charge in [0.25, 0.3) is 5.91 Å². The number of nitrogens with zero attached hydrogens (tertiary/aromatic N) is 1. The molecule has 3 rings (SSSR count). The Labute approximate surface area is 167 Å². The molecule has 1 amide bonds. The summed E-state index contributed by atoms with van der Waals surface area (Å²) in [5, 5.41) is 28.9. The van der Waals surface area contributed by atoms with Crippen LogP contribution in [0.15, 0.2) is 60.8 Å². The molecule has 3 aromatic rings. The molecule has 150 valence electrons. The molecule has 0 saturated heterocycles. The highest BCUT2D eigenvalue weighted by Gasteiger charge is 2.22. The number of aromatic hydroxyl groups is 1. The van der Waals surface area contributed by atoms with E-state index in [1.54, 1.807) is 12.1 Å². The zero-order valence-corrected chi connectivity index (χ0v) is 15.5. The van der Waals surface area contributed by atoms with Crippen LogP contribution in [0.2, 0.25) is 0 Å². The molecule has 1 atom stereocenters. The van der Waals surface area contributed by atoms with Gasteiger partial charge in [-0.25, -0.2) is 14.9 Å². The molecule has 0 aliphatic rings. The summed E-state index contributed by atoms with van der Waals surface area (Å²) in [7, 11) is 0. The van der Waals surface area contributed by atoms with Crippen molar-refractivity contribution in [3.63, 3.8) is 0 Å². The number of nitrogens with one attached hydrogen (secondary N) is 1. The van der Waals surface area contributed by atoms with Crippen LogP contribution in [-0.4, -0.2) is 26.3 Å². The summed E-state index contributed by atoms with van der Waals surface area (Å²) in [5.74, 6) is -1.86. The highest BCUT2D eigenvalue weighted by molar-refractivity contribution is 5.94. The van der Waals surface area contributed by atoms with Crippen molar-refractivity contribution >= 4 is 5.91 Å². The van der Waals surface area contributed by atoms with Gasteiger partial charge in [-0.15, -0.1) is 0 Å². The van der Waals surface area contributed by atoms with Crippen LogP contribution >= 0.6 is 0 Å². The first-order valence-corrected chi connectivity index (χ1v) is 9.07. The van der Waals surface area contributed by atoms with E-state index in [0.717, 1.165) is 11.1 Å². The van der Waals surface area contributed by atoms with Crippen LogP contribution in [0.3, 0.4) is 0 Å². The van der Waals surface area contributed by atoms with E-state index in [2.05, 4.69) is 4.98 Å². The maximum atomic E-state index is 13.4. The van der Waals surface area contributed by atoms with Gasteiger partial charge in [-0.2, -0.15) is 0 Å². The molecule has 2 aromatic carbocycles. The van der Waals surface area contributed by atoms with Crippen molar-refractivity contribution in [2.45, 2.75) is 25.4 Å². The summed E-state index contributed by atoms with van der Waals surface area (Å²) in [6, 6.07) is 16.0. The van der Waals surface area contributed by atoms with E-state index in [0.29, 0.717) is 18.4 Å². The van der Waals surface area contributed by atoms with Gasteiger partial charge >= 0.3 is 0 Å². The Kier molecular flexibility index (Phi) is 6.54. The minimum absolute atomic E-state index is 0.0815. The molecule has 0 bridgehead atoms. The summed E-state index contributed by atoms with van der Waals surface area (Å²) in [6.07, 6.45) is 2.45. The number of hydrogen-bond donors (Lipinski definition) is 4. The van der Waals surface area contributed by atoms with Crippen LogP contribution < -0.4 is 5.48 Å². The molecule has 1 heterocycles. The van der Waals surface area contributed by atoms with Crippen LogP contribution in [0.1, 0.15) is 38.7 Å². The molecular formula is C22H21FN2O4. The van der Waals surface area contributed by atoms with E-state index >= 15 is 0 Å². The number of aliphatic hydroxyl groups excluding tert-OH is 1. The summed E-state index contributed by atoms with van der Waals surface area (Å²) in [6.45, 7) is -0.503. The van der Waals surface area contributed by atoms with E-state index in [9.17, 15) is 19.4 Å². The summed E-state index contributed by atoms with van der Waals surface area (Å²) in [5.41, 5.74) is 3.75. The monoisotopic (exact) mass is 396 g/mol. The average Bonchev–Trinajstić information content (AvgIpc) is 2.74. The maximum absolute atomic E-state index is 13.4. The SMILES string of the molecule is O=C(NO)c1ncc(CC(Cc2ccccc2)c2ccc(F)cc2)c(CO)c1O. The van der Waals surface area contributed by atoms with Gasteiger partial charge in [-0.1, -0.05) is 42.5 Å². The molecule has 0 fully saturated rings. The first-order valence-electron chi connectivity index (χ1n) is 9.07. The molecule has 6 nitrogen and oxygen atoms in total. The smallest absolute Gasteiger partial charge is 0.297 e. The van der Waals surface area contributed by atoms with Crippen molar-refractivity contribution in [2.24, 2.45) is 0 Å². The zero-order valence-electron chi connectivity index (χ0n) is 15.5. The highest BCUT2D eigenvalue weighted by atomic mass is 19.1. The molecule has 0 aliphatic carbocycles. The van der Waals surface area contributed by atoms with Gasteiger partial charge < -0.3 is 10.2 Å². The van der Waals surface area contributed by atoms with Gasteiger partial charge in [0.2, 0.25) is 0 Å². The average molecular weight is 396 g/mol. The Balaban J connectivity index is 1.98. The van der Waals surface area contributed by atoms with Crippen molar-refractivity contribution in [1.29, 1.82) is 0 Å². The first kappa shape index (κ1) is 20.4. The lowest BCUT2D eigenvalue weighted by Gasteiger charge is -2.20. The largest absolute Gasteiger partial charge is 0.505 e. The van der Waals surface area contributed by atoms with Crippen molar-refractivity contribution < 1.29 is 24.6 Å². The number of carbonyl (C=O) groups is 1. The van der Waals surface area contributed by atoms with E-state index in [1.165, 1.54) is 23.8 Å². The molecular weight excluding hydrogens is 375 g/mol. The topological polar surface area (TPSA) is 103 Å². The molecule has 4 N–H and O–H groups in total. The van der Waals surface area contributed by atoms with Crippen LogP contribution in [-0.2, 0) is 19.4 Å². The minimum atomic E-state index is -0.969. The first-order chi connectivity index (χ1) is 14.0. The number of aromatic nitrogens is 1. The Morgan fingerprint density at radius 3 is 2.38 bits per heavy atom. The number of amides is 1. The Morgan fingerprint density at radius 1 is 1.07 bits per heavy atom. The number of hydroxylamine groups is 1. The van der Waals surface area contributed by atoms with Crippen LogP contribution in [0.5, 0.6) is 5.75 Å². The molecule has 1 unspecified atom stereocenters. The molecule has 0 spiro atoms. The number of hydrogen-bond acceptors (Lipinski definition) is 5. The number of rotatable bonds is 7. The highest BCUT2D eigenvalue weighted by Crippen LogP contribution is 2.31. The molecule has 29 heavy (non-hydrogen) atoms. The van der Waals surface area contributed by atoms with Crippen LogP contribution in [0.4, 0.5) is 4.39 Å². The molecule has 1 aromatic heterocycles. The standard InChI is InChI=1S/C22H21FN2O4/c23-18-8-6-15(7-9-18)16(10-14-4-2-1-3-5-14)11-17-12-24-20(22(28)25-29)21(27)19(17)13-26/h1-9,12,16,26-27,29H,10-11,13H2,(H,25,28). The predicted octanol–water partition coefficient (Wildman–Crippen LogP) is 3.11. The Hall–Kier alpha value is -3.29. The summed E-state index contributed by atoms with van der Waals surface area (Å²) < 4.78 is 13.4. The normalized spacial score (nSPS) is 11.8. The van der Waals surface area contributed by atoms with Gasteiger partial charge in [-0.3, -0.25) is 10.0 Å². The maximum Gasteiger partial charge on any atom is 0.297 e. The van der Waals surface area contributed by atoms with E-state index in [4.69, 9.17) is 5.21 Å². The fraction of sp³-hybridized carbons (Fsp3) is 0.182. The second-order valence-corrected chi connectivity index (χ2v) is 6.70. The Morgan fingerprint density at radius 2 is 1.76 bits per heavy atom. The lowest BCUT2D eigenvalue weighted by molar-refractivity contribution is 0.0697. The number of aliphatic hydroxyl groups is 1. The summed E-state index contributed by atoms with van der Waals surface area (Å²) >= 11 is 0. The number of pyridine rings is 1. The second kappa shape index (κ2) is 9.27. The van der Waals surface area contributed by atoms with Gasteiger partial charge in [0, 0.05) is 11.8 Å². The zero-order chi connectivity index (χ0) is 20.8. The van der Waals surface area contributed by atoms with Crippen molar-refractivity contribution in [3.05, 3.63) is 94.6 Å². The Bertz CT molecular complexity index is 978. The van der Waals surface area contributed by atoms with Gasteiger partial charge in [0.15, 0.2) is 11.4 Å². The molecule has 7 heteroatoms. The van der Waals surface area contributed by atoms with Crippen molar-refractivity contribution in [3.8, 4) is 5.75 Å². The van der Waals surface area contributed by atoms with Crippen molar-refractivity contribution in [2.75, 3.05) is 0 Å². The van der Waals surface area contributed by atoms with Crippen LogP contribution in [0.25, 0.3) is 0 Å². The summed E-state index contributed by atoms with van der Waals surface area (Å²) in [4.78, 5) is 15.6. The quantitative estimate of drug-likeness (QED) is 0.363. The van der Waals surface area contributed by atoms with Crippen LogP contribution in [0, 0.1) is 5.82 Å². The minimum Gasteiger partial charge on any atom is -0.505 e. The second-order valence-electron chi connectivity index (χ2n) is 6.70. The predicted molar refractivity (Wildman–Crippen MR) is 104 cm³/mol.